The molecule has 0 unspecified atom stereocenters. The molecule has 204 valence electrons. The van der Waals surface area contributed by atoms with Crippen LogP contribution in [0.1, 0.15) is 22.2 Å². The van der Waals surface area contributed by atoms with Gasteiger partial charge >= 0.3 is 11.9 Å². The van der Waals surface area contributed by atoms with Crippen LogP contribution in [0.2, 0.25) is 5.28 Å². The number of ether oxygens (including phenoxy) is 2. The number of imidazole rings is 1. The minimum atomic E-state index is -2.83. The molecule has 3 atom stereocenters. The SMILES string of the molecule is CNC(=O)c1ccc(CC(OC[C@@H](OC)[C@@H](O)[C@H](F)n2cnc3c(N)nc(Cl)nc32)(C(=O)O)C(=O)O)cc1. The zero-order valence-electron chi connectivity index (χ0n) is 20.0. The summed E-state index contributed by atoms with van der Waals surface area (Å²) < 4.78 is 26.5. The van der Waals surface area contributed by atoms with E-state index < -0.39 is 55.0 Å². The fourth-order valence-corrected chi connectivity index (χ4v) is 3.76. The van der Waals surface area contributed by atoms with Crippen LogP contribution in [-0.2, 0) is 25.5 Å². The number of amides is 1. The monoisotopic (exact) mass is 554 g/mol. The molecule has 0 saturated heterocycles. The van der Waals surface area contributed by atoms with Crippen LogP contribution in [0.4, 0.5) is 10.2 Å². The molecule has 3 rings (SSSR count). The van der Waals surface area contributed by atoms with E-state index in [9.17, 15) is 29.7 Å². The number of aliphatic hydroxyl groups excluding tert-OH is 1. The number of carboxylic acids is 2. The number of nitrogens with one attached hydrogen (secondary N) is 1. The third kappa shape index (κ3) is 5.65. The van der Waals surface area contributed by atoms with Gasteiger partial charge in [0.05, 0.1) is 12.9 Å². The maximum Gasteiger partial charge on any atom is 0.348 e. The van der Waals surface area contributed by atoms with Crippen LogP contribution in [0.3, 0.4) is 0 Å². The van der Waals surface area contributed by atoms with Crippen molar-refractivity contribution in [2.45, 2.75) is 30.5 Å². The number of halogens is 2. The van der Waals surface area contributed by atoms with Gasteiger partial charge in [0.15, 0.2) is 11.5 Å². The Hall–Kier alpha value is -3.92. The summed E-state index contributed by atoms with van der Waals surface area (Å²) in [5, 5.41) is 32.4. The molecule has 1 amide bonds. The van der Waals surface area contributed by atoms with Crippen molar-refractivity contribution < 1.29 is 43.6 Å². The molecule has 14 nitrogen and oxygen atoms in total. The van der Waals surface area contributed by atoms with E-state index >= 15 is 4.39 Å². The first-order valence-corrected chi connectivity index (χ1v) is 11.2. The van der Waals surface area contributed by atoms with Crippen LogP contribution in [-0.4, -0.2) is 91.3 Å². The van der Waals surface area contributed by atoms with E-state index in [1.807, 2.05) is 0 Å². The summed E-state index contributed by atoms with van der Waals surface area (Å²) in [7, 11) is 2.52. The topological polar surface area (TPSA) is 212 Å². The van der Waals surface area contributed by atoms with E-state index in [0.717, 1.165) is 18.0 Å². The number of aromatic nitrogens is 4. The number of carbonyl (C=O) groups excluding carboxylic acids is 1. The molecule has 0 spiro atoms. The van der Waals surface area contributed by atoms with Crippen LogP contribution in [0.25, 0.3) is 11.2 Å². The van der Waals surface area contributed by atoms with Crippen molar-refractivity contribution in [3.8, 4) is 0 Å². The van der Waals surface area contributed by atoms with Crippen molar-refractivity contribution in [2.75, 3.05) is 26.5 Å². The van der Waals surface area contributed by atoms with Crippen molar-refractivity contribution >= 4 is 46.4 Å². The van der Waals surface area contributed by atoms with Gasteiger partial charge in [-0.05, 0) is 29.3 Å². The number of aliphatic hydroxyl groups is 1. The highest BCUT2D eigenvalue weighted by molar-refractivity contribution is 6.28. The Labute approximate surface area is 219 Å². The molecular weight excluding hydrogens is 531 g/mol. The molecule has 1 aromatic carbocycles. The van der Waals surface area contributed by atoms with Gasteiger partial charge in [0.25, 0.3) is 11.5 Å². The Bertz CT molecular complexity index is 1320. The van der Waals surface area contributed by atoms with Gasteiger partial charge in [0, 0.05) is 26.1 Å². The van der Waals surface area contributed by atoms with Gasteiger partial charge in [-0.15, -0.1) is 0 Å². The van der Waals surface area contributed by atoms with E-state index in [1.54, 1.807) is 0 Å². The molecule has 0 aliphatic carbocycles. The lowest BCUT2D eigenvalue weighted by molar-refractivity contribution is -0.192. The second kappa shape index (κ2) is 11.6. The average molecular weight is 555 g/mol. The van der Waals surface area contributed by atoms with E-state index in [-0.39, 0.29) is 33.4 Å². The van der Waals surface area contributed by atoms with Crippen LogP contribution in [0, 0.1) is 0 Å². The van der Waals surface area contributed by atoms with Gasteiger partial charge in [-0.2, -0.15) is 9.97 Å². The molecule has 2 heterocycles. The smallest absolute Gasteiger partial charge is 0.348 e. The largest absolute Gasteiger partial charge is 0.479 e. The highest BCUT2D eigenvalue weighted by Gasteiger charge is 2.49. The maximum atomic E-state index is 15.3. The van der Waals surface area contributed by atoms with Gasteiger partial charge in [0.1, 0.15) is 17.7 Å². The molecule has 0 aliphatic rings. The predicted octanol–water partition coefficient (Wildman–Crippen LogP) is 0.433. The number of methoxy groups -OCH3 is 1. The molecule has 38 heavy (non-hydrogen) atoms. The lowest BCUT2D eigenvalue weighted by Gasteiger charge is -2.30. The van der Waals surface area contributed by atoms with Gasteiger partial charge in [-0.25, -0.2) is 19.0 Å². The number of fused-ring (bicyclic) bond motifs is 1. The van der Waals surface area contributed by atoms with Crippen molar-refractivity contribution in [3.63, 3.8) is 0 Å². The molecule has 16 heteroatoms. The molecule has 0 radical (unpaired) electrons. The van der Waals surface area contributed by atoms with E-state index in [2.05, 4.69) is 20.3 Å². The molecule has 2 aromatic heterocycles. The molecule has 0 fully saturated rings. The second-order valence-electron chi connectivity index (χ2n) is 8.04. The number of nitrogens with zero attached hydrogens (tertiary/aromatic N) is 4. The Balaban J connectivity index is 1.83. The quantitative estimate of drug-likeness (QED) is 0.152. The fourth-order valence-electron chi connectivity index (χ4n) is 3.59. The number of hydrogen-bond donors (Lipinski definition) is 5. The highest BCUT2D eigenvalue weighted by Crippen LogP contribution is 2.27. The number of hydrogen-bond acceptors (Lipinski definition) is 10. The first-order valence-electron chi connectivity index (χ1n) is 10.9. The van der Waals surface area contributed by atoms with Gasteiger partial charge in [0.2, 0.25) is 11.6 Å². The molecule has 0 aliphatic heterocycles. The summed E-state index contributed by atoms with van der Waals surface area (Å²) in [5.41, 5.74) is 3.26. The van der Waals surface area contributed by atoms with Gasteiger partial charge < -0.3 is 35.8 Å². The number of nitrogens with two attached hydrogens (primary N) is 1. The Kier molecular flexibility index (Phi) is 8.78. The van der Waals surface area contributed by atoms with Crippen LogP contribution < -0.4 is 11.1 Å². The number of aliphatic carboxylic acids is 2. The first kappa shape index (κ1) is 28.6. The van der Waals surface area contributed by atoms with Crippen molar-refractivity contribution in [1.29, 1.82) is 0 Å². The molecule has 6 N–H and O–H groups in total. The maximum absolute atomic E-state index is 15.3. The molecule has 0 saturated carbocycles. The average Bonchev–Trinajstić information content (AvgIpc) is 3.31. The van der Waals surface area contributed by atoms with Gasteiger partial charge in [-0.1, -0.05) is 12.1 Å². The predicted molar refractivity (Wildman–Crippen MR) is 129 cm³/mol. The van der Waals surface area contributed by atoms with Crippen molar-refractivity contribution in [2.24, 2.45) is 0 Å². The molecule has 0 bridgehead atoms. The van der Waals surface area contributed by atoms with Crippen LogP contribution >= 0.6 is 11.6 Å². The van der Waals surface area contributed by atoms with Crippen LogP contribution in [0.5, 0.6) is 0 Å². The van der Waals surface area contributed by atoms with Gasteiger partial charge in [-0.3, -0.25) is 9.36 Å². The fraction of sp³-hybridized carbons (Fsp3) is 0.364. The van der Waals surface area contributed by atoms with E-state index in [0.29, 0.717) is 0 Å². The Morgan fingerprint density at radius 3 is 2.39 bits per heavy atom. The summed E-state index contributed by atoms with van der Waals surface area (Å²) in [6, 6.07) is 5.52. The number of carboxylic acid groups (broad SMARTS) is 2. The molecular formula is C22H24ClFN6O8. The lowest BCUT2D eigenvalue weighted by Crippen LogP contribution is -2.53. The minimum absolute atomic E-state index is 0.0210. The third-order valence-electron chi connectivity index (χ3n) is 5.73. The summed E-state index contributed by atoms with van der Waals surface area (Å²) in [5.74, 6) is -4.20. The van der Waals surface area contributed by atoms with Crippen molar-refractivity contribution in [3.05, 3.63) is 47.0 Å². The van der Waals surface area contributed by atoms with Crippen LogP contribution in [0.15, 0.2) is 30.6 Å². The zero-order chi connectivity index (χ0) is 28.2. The molecule has 3 aromatic rings. The highest BCUT2D eigenvalue weighted by atomic mass is 35.5. The Morgan fingerprint density at radius 2 is 1.84 bits per heavy atom. The lowest BCUT2D eigenvalue weighted by atomic mass is 9.93. The number of benzene rings is 1. The van der Waals surface area contributed by atoms with E-state index in [1.165, 1.54) is 31.3 Å². The minimum Gasteiger partial charge on any atom is -0.479 e. The summed E-state index contributed by atoms with van der Waals surface area (Å²) in [6.07, 6.45) is -5.46. The first-order chi connectivity index (χ1) is 17.9. The second-order valence-corrected chi connectivity index (χ2v) is 8.38. The number of rotatable bonds is 12. The standard InChI is InChI=1S/C22H24ClFN6O8/c1-26-18(32)11-5-3-10(4-6-11)7-22(19(33)34,20(35)36)38-8-12(37-2)14(31)15(24)30-9-27-13-16(25)28-21(23)29-17(13)30/h3-6,9,12,14-15,31H,7-8H2,1-2H3,(H,26,32)(H,33,34)(H,35,36)(H2,25,28,29)/t12-,14-,15-/m1/s1. The summed E-state index contributed by atoms with van der Waals surface area (Å²) >= 11 is 5.78. The van der Waals surface area contributed by atoms with Crippen molar-refractivity contribution in [1.82, 2.24) is 24.8 Å². The third-order valence-corrected chi connectivity index (χ3v) is 5.90. The van der Waals surface area contributed by atoms with E-state index in [4.69, 9.17) is 26.8 Å². The number of anilines is 1. The number of nitrogen functional groups attached to an aromatic ring is 1. The zero-order valence-corrected chi connectivity index (χ0v) is 20.8. The number of alkyl halides is 1. The summed E-state index contributed by atoms with van der Waals surface area (Å²) in [4.78, 5) is 47.4. The normalized spacial score (nSPS) is 14.1. The number of carbonyl (C=O) groups is 3. The Morgan fingerprint density at radius 1 is 1.21 bits per heavy atom. The summed E-state index contributed by atoms with van der Waals surface area (Å²) in [6.45, 7) is -0.836.